The van der Waals surface area contributed by atoms with Crippen molar-refractivity contribution in [2.75, 3.05) is 19.6 Å². The molecule has 0 bridgehead atoms. The molecule has 0 aromatic rings. The molecule has 2 aliphatic rings. The molecule has 1 fully saturated rings. The van der Waals surface area contributed by atoms with Crippen LogP contribution in [-0.4, -0.2) is 29.8 Å². The molecule has 0 aromatic carbocycles. The van der Waals surface area contributed by atoms with E-state index in [1.54, 1.807) is 0 Å². The normalized spacial score (nSPS) is 32.1. The molecule has 80 valence electrons. The van der Waals surface area contributed by atoms with Gasteiger partial charge in [-0.3, -0.25) is 0 Å². The van der Waals surface area contributed by atoms with Gasteiger partial charge in [0.2, 0.25) is 0 Å². The minimum absolute atomic E-state index is 0.857. The van der Waals surface area contributed by atoms with Crippen LogP contribution in [0.5, 0.6) is 0 Å². The lowest BCUT2D eigenvalue weighted by atomic mass is 9.97. The lowest BCUT2D eigenvalue weighted by molar-refractivity contribution is 0.200. The van der Waals surface area contributed by atoms with Gasteiger partial charge in [0.25, 0.3) is 0 Å². The molecule has 0 saturated carbocycles. The third kappa shape index (κ3) is 2.54. The third-order valence-corrected chi connectivity index (χ3v) is 4.58. The van der Waals surface area contributed by atoms with E-state index in [1.165, 1.54) is 45.3 Å². The van der Waals surface area contributed by atoms with Crippen molar-refractivity contribution in [3.63, 3.8) is 0 Å². The van der Waals surface area contributed by atoms with Crippen LogP contribution in [-0.2, 0) is 0 Å². The number of fused-ring (bicyclic) bond motifs is 1. The van der Waals surface area contributed by atoms with E-state index in [2.05, 4.69) is 23.3 Å². The zero-order valence-electron chi connectivity index (χ0n) is 9.11. The van der Waals surface area contributed by atoms with Crippen molar-refractivity contribution in [3.05, 3.63) is 11.5 Å². The minimum atomic E-state index is 0.857. The number of thioether (sulfide) groups is 1. The van der Waals surface area contributed by atoms with Gasteiger partial charge < -0.3 is 4.90 Å². The quantitative estimate of drug-likeness (QED) is 0.657. The Balaban J connectivity index is 1.71. The fraction of sp³-hybridized carbons (Fsp3) is 0.833. The van der Waals surface area contributed by atoms with Gasteiger partial charge in [-0.25, -0.2) is 0 Å². The van der Waals surface area contributed by atoms with Crippen molar-refractivity contribution in [3.8, 4) is 0 Å². The van der Waals surface area contributed by atoms with Crippen molar-refractivity contribution in [1.29, 1.82) is 0 Å². The summed E-state index contributed by atoms with van der Waals surface area (Å²) in [5, 5.41) is 3.22. The second-order valence-corrected chi connectivity index (χ2v) is 5.61. The Hall–Kier alpha value is 0.0500. The predicted octanol–water partition coefficient (Wildman–Crippen LogP) is 3.13. The molecule has 0 spiro atoms. The summed E-state index contributed by atoms with van der Waals surface area (Å²) in [5.41, 5.74) is 0. The Morgan fingerprint density at radius 1 is 1.43 bits per heavy atom. The summed E-state index contributed by atoms with van der Waals surface area (Å²) < 4.78 is 0. The fourth-order valence-corrected chi connectivity index (χ4v) is 3.53. The molecule has 0 aliphatic carbocycles. The zero-order chi connectivity index (χ0) is 9.80. The summed E-state index contributed by atoms with van der Waals surface area (Å²) in [6.45, 7) is 6.26. The number of nitrogens with zero attached hydrogens (tertiary/aromatic N) is 1. The van der Waals surface area contributed by atoms with Gasteiger partial charge in [0.05, 0.1) is 0 Å². The molecule has 2 heteroatoms. The maximum Gasteiger partial charge on any atom is 0.0176 e. The van der Waals surface area contributed by atoms with Gasteiger partial charge in [-0.15, -0.1) is 11.8 Å². The minimum Gasteiger partial charge on any atom is -0.303 e. The highest BCUT2D eigenvalue weighted by molar-refractivity contribution is 8.03. The van der Waals surface area contributed by atoms with Gasteiger partial charge in [0.1, 0.15) is 0 Å². The van der Waals surface area contributed by atoms with E-state index >= 15 is 0 Å². The Morgan fingerprint density at radius 3 is 3.21 bits per heavy atom. The van der Waals surface area contributed by atoms with E-state index in [4.69, 9.17) is 0 Å². The molecule has 14 heavy (non-hydrogen) atoms. The molecule has 2 rings (SSSR count). The van der Waals surface area contributed by atoms with Gasteiger partial charge in [0, 0.05) is 17.7 Å². The van der Waals surface area contributed by atoms with E-state index < -0.39 is 0 Å². The predicted molar refractivity (Wildman–Crippen MR) is 64.6 cm³/mol. The molecule has 2 unspecified atom stereocenters. The highest BCUT2D eigenvalue weighted by Gasteiger charge is 2.29. The number of hydrogen-bond donors (Lipinski definition) is 0. The fourth-order valence-electron chi connectivity index (χ4n) is 2.42. The van der Waals surface area contributed by atoms with Crippen molar-refractivity contribution < 1.29 is 0 Å². The molecule has 0 amide bonds. The average Bonchev–Trinajstić information content (AvgIpc) is 2.65. The number of likely N-dealkylation sites (tertiary alicyclic amines) is 1. The lowest BCUT2D eigenvalue weighted by Gasteiger charge is -2.34. The Morgan fingerprint density at radius 2 is 2.36 bits per heavy atom. The molecule has 2 aliphatic heterocycles. The monoisotopic (exact) mass is 211 g/mol. The van der Waals surface area contributed by atoms with Crippen LogP contribution in [0.1, 0.15) is 32.6 Å². The first-order valence-electron chi connectivity index (χ1n) is 5.94. The van der Waals surface area contributed by atoms with Crippen molar-refractivity contribution >= 4 is 11.8 Å². The van der Waals surface area contributed by atoms with Crippen LogP contribution in [0.2, 0.25) is 0 Å². The van der Waals surface area contributed by atoms with Gasteiger partial charge in [0.15, 0.2) is 0 Å². The Labute approximate surface area is 91.9 Å². The van der Waals surface area contributed by atoms with Gasteiger partial charge in [-0.1, -0.05) is 25.8 Å². The highest BCUT2D eigenvalue weighted by Crippen LogP contribution is 2.35. The zero-order valence-corrected chi connectivity index (χ0v) is 9.93. The van der Waals surface area contributed by atoms with E-state index in [-0.39, 0.29) is 0 Å². The molecule has 0 N–H and O–H groups in total. The smallest absolute Gasteiger partial charge is 0.0176 e. The van der Waals surface area contributed by atoms with E-state index in [0.29, 0.717) is 0 Å². The number of rotatable bonds is 4. The molecular formula is C12H21NS. The second kappa shape index (κ2) is 5.22. The first kappa shape index (κ1) is 10.6. The molecule has 2 heterocycles. The van der Waals surface area contributed by atoms with Crippen molar-refractivity contribution in [2.24, 2.45) is 5.92 Å². The van der Waals surface area contributed by atoms with Crippen LogP contribution < -0.4 is 0 Å². The van der Waals surface area contributed by atoms with Crippen LogP contribution in [0.4, 0.5) is 0 Å². The maximum absolute atomic E-state index is 2.66. The van der Waals surface area contributed by atoms with E-state index in [9.17, 15) is 0 Å². The van der Waals surface area contributed by atoms with Gasteiger partial charge in [-0.05, 0) is 31.3 Å². The summed E-state index contributed by atoms with van der Waals surface area (Å²) in [5.74, 6) is 0.857. The summed E-state index contributed by atoms with van der Waals surface area (Å²) in [4.78, 5) is 2.66. The first-order chi connectivity index (χ1) is 6.90. The van der Waals surface area contributed by atoms with Crippen LogP contribution in [0, 0.1) is 5.92 Å². The Bertz CT molecular complexity index is 202. The average molecular weight is 211 g/mol. The summed E-state index contributed by atoms with van der Waals surface area (Å²) in [6, 6.07) is 0. The van der Waals surface area contributed by atoms with E-state index in [1.807, 2.05) is 11.8 Å². The Kier molecular flexibility index (Phi) is 3.94. The lowest BCUT2D eigenvalue weighted by Crippen LogP contribution is -2.40. The first-order valence-corrected chi connectivity index (χ1v) is 6.89. The van der Waals surface area contributed by atoms with Gasteiger partial charge >= 0.3 is 0 Å². The molecule has 1 nitrogen and oxygen atoms in total. The number of unbranched alkanes of at least 4 members (excludes halogenated alkanes) is 2. The van der Waals surface area contributed by atoms with Crippen molar-refractivity contribution in [1.82, 2.24) is 4.90 Å². The maximum atomic E-state index is 2.66. The second-order valence-electron chi connectivity index (χ2n) is 4.46. The number of hydrogen-bond acceptors (Lipinski definition) is 2. The summed E-state index contributed by atoms with van der Waals surface area (Å²) in [7, 11) is 0. The van der Waals surface area contributed by atoms with Crippen LogP contribution in [0.15, 0.2) is 11.5 Å². The topological polar surface area (TPSA) is 3.24 Å². The largest absolute Gasteiger partial charge is 0.303 e. The molecular weight excluding hydrogens is 190 g/mol. The SMILES string of the molecule is CCCCCN1CCC2SC=CC2C1. The van der Waals surface area contributed by atoms with Crippen LogP contribution >= 0.6 is 11.8 Å². The standard InChI is InChI=1S/C12H21NS/c1-2-3-4-7-13-8-5-12-11(10-13)6-9-14-12/h6,9,11-12H,2-5,7-8,10H2,1H3. The molecule has 0 radical (unpaired) electrons. The molecule has 1 saturated heterocycles. The van der Waals surface area contributed by atoms with E-state index in [0.717, 1.165) is 11.2 Å². The number of piperidine rings is 1. The van der Waals surface area contributed by atoms with Crippen molar-refractivity contribution in [2.45, 2.75) is 37.9 Å². The third-order valence-electron chi connectivity index (χ3n) is 3.33. The van der Waals surface area contributed by atoms with Crippen LogP contribution in [0.3, 0.4) is 0 Å². The summed E-state index contributed by atoms with van der Waals surface area (Å²) >= 11 is 2.05. The highest BCUT2D eigenvalue weighted by atomic mass is 32.2. The van der Waals surface area contributed by atoms with Crippen LogP contribution in [0.25, 0.3) is 0 Å². The molecule has 2 atom stereocenters. The summed E-state index contributed by atoms with van der Waals surface area (Å²) in [6.07, 6.45) is 7.95. The van der Waals surface area contributed by atoms with Gasteiger partial charge in [-0.2, -0.15) is 0 Å². The molecule has 0 aromatic heterocycles.